The molecule has 5 heteroatoms. The summed E-state index contributed by atoms with van der Waals surface area (Å²) in [4.78, 5) is 16.7. The minimum atomic E-state index is -0.259. The van der Waals surface area contributed by atoms with Crippen LogP contribution in [0.2, 0.25) is 0 Å². The number of amides is 1. The molecule has 3 rings (SSSR count). The van der Waals surface area contributed by atoms with Gasteiger partial charge in [0, 0.05) is 5.69 Å². The second-order valence-corrected chi connectivity index (χ2v) is 6.03. The van der Waals surface area contributed by atoms with E-state index < -0.39 is 0 Å². The van der Waals surface area contributed by atoms with Gasteiger partial charge in [0.05, 0.1) is 24.6 Å². The van der Waals surface area contributed by atoms with Crippen molar-refractivity contribution in [3.05, 3.63) is 77.5 Å². The Morgan fingerprint density at radius 1 is 1.04 bits per heavy atom. The summed E-state index contributed by atoms with van der Waals surface area (Å²) >= 11 is 0. The summed E-state index contributed by atoms with van der Waals surface area (Å²) in [7, 11) is 1.54. The van der Waals surface area contributed by atoms with Crippen molar-refractivity contribution in [1.82, 2.24) is 4.98 Å². The van der Waals surface area contributed by atoms with Crippen LogP contribution in [-0.4, -0.2) is 18.0 Å². The minimum Gasteiger partial charge on any atom is -0.496 e. The predicted octanol–water partition coefficient (Wildman–Crippen LogP) is 4.70. The van der Waals surface area contributed by atoms with E-state index in [0.29, 0.717) is 17.1 Å². The molecule has 26 heavy (non-hydrogen) atoms. The number of ether oxygens (including phenoxy) is 1. The molecule has 132 valence electrons. The summed E-state index contributed by atoms with van der Waals surface area (Å²) in [5, 5.41) is 6.13. The first kappa shape index (κ1) is 17.5. The average molecular weight is 347 g/mol. The van der Waals surface area contributed by atoms with Crippen molar-refractivity contribution in [3.63, 3.8) is 0 Å². The van der Waals surface area contributed by atoms with Crippen LogP contribution in [0.25, 0.3) is 0 Å². The Morgan fingerprint density at radius 3 is 2.58 bits per heavy atom. The van der Waals surface area contributed by atoms with E-state index in [0.717, 1.165) is 16.9 Å². The van der Waals surface area contributed by atoms with E-state index in [1.807, 2.05) is 12.1 Å². The number of hydrogen-bond donors (Lipinski definition) is 2. The zero-order valence-corrected chi connectivity index (χ0v) is 15.0. The summed E-state index contributed by atoms with van der Waals surface area (Å²) < 4.78 is 5.22. The molecule has 2 N–H and O–H groups in total. The van der Waals surface area contributed by atoms with E-state index in [1.54, 1.807) is 30.5 Å². The Kier molecular flexibility index (Phi) is 5.17. The van der Waals surface area contributed by atoms with Gasteiger partial charge in [0.1, 0.15) is 11.6 Å². The highest BCUT2D eigenvalue weighted by Crippen LogP contribution is 2.23. The van der Waals surface area contributed by atoms with E-state index in [1.165, 1.54) is 12.7 Å². The van der Waals surface area contributed by atoms with Gasteiger partial charge in [-0.3, -0.25) is 4.79 Å². The maximum atomic E-state index is 12.4. The highest BCUT2D eigenvalue weighted by atomic mass is 16.5. The smallest absolute Gasteiger partial charge is 0.260 e. The molecule has 1 amide bonds. The topological polar surface area (TPSA) is 63.2 Å². The molecule has 0 saturated heterocycles. The van der Waals surface area contributed by atoms with Crippen molar-refractivity contribution < 1.29 is 9.53 Å². The van der Waals surface area contributed by atoms with Crippen molar-refractivity contribution in [2.75, 3.05) is 17.7 Å². The average Bonchev–Trinajstić information content (AvgIpc) is 2.66. The van der Waals surface area contributed by atoms with Gasteiger partial charge in [0.15, 0.2) is 0 Å². The lowest BCUT2D eigenvalue weighted by atomic mass is 10.1. The lowest BCUT2D eigenvalue weighted by Crippen LogP contribution is -2.14. The number of carbonyl (C=O) groups is 1. The van der Waals surface area contributed by atoms with Crippen LogP contribution >= 0.6 is 0 Å². The Hall–Kier alpha value is -3.34. The van der Waals surface area contributed by atoms with Crippen molar-refractivity contribution in [3.8, 4) is 5.75 Å². The number of hydrogen-bond acceptors (Lipinski definition) is 4. The molecule has 0 aliphatic rings. The third-order valence-electron chi connectivity index (χ3n) is 4.03. The SMILES string of the molecule is COc1ccccc1C(=O)Nc1ccc(Nc2cc(C)ccc2C)cn1. The van der Waals surface area contributed by atoms with Gasteiger partial charge in [-0.05, 0) is 55.3 Å². The molecule has 0 atom stereocenters. The Morgan fingerprint density at radius 2 is 1.85 bits per heavy atom. The summed E-state index contributed by atoms with van der Waals surface area (Å²) in [6.07, 6.45) is 1.69. The van der Waals surface area contributed by atoms with Crippen molar-refractivity contribution >= 4 is 23.1 Å². The van der Waals surface area contributed by atoms with Crippen LogP contribution in [0, 0.1) is 13.8 Å². The molecule has 5 nitrogen and oxygen atoms in total. The molecular weight excluding hydrogens is 326 g/mol. The maximum absolute atomic E-state index is 12.4. The fourth-order valence-electron chi connectivity index (χ4n) is 2.58. The summed E-state index contributed by atoms with van der Waals surface area (Å²) in [5.41, 5.74) is 4.71. The molecule has 1 heterocycles. The number of methoxy groups -OCH3 is 1. The van der Waals surface area contributed by atoms with E-state index in [-0.39, 0.29) is 5.91 Å². The van der Waals surface area contributed by atoms with Gasteiger partial charge in [-0.1, -0.05) is 24.3 Å². The molecule has 0 aliphatic carbocycles. The van der Waals surface area contributed by atoms with E-state index >= 15 is 0 Å². The number of para-hydroxylation sites is 1. The fraction of sp³-hybridized carbons (Fsp3) is 0.143. The summed E-state index contributed by atoms with van der Waals surface area (Å²) in [6.45, 7) is 4.11. The Labute approximate surface area is 153 Å². The van der Waals surface area contributed by atoms with Crippen LogP contribution < -0.4 is 15.4 Å². The number of carbonyl (C=O) groups excluding carboxylic acids is 1. The fourth-order valence-corrected chi connectivity index (χ4v) is 2.58. The van der Waals surface area contributed by atoms with Gasteiger partial charge in [-0.25, -0.2) is 4.98 Å². The quantitative estimate of drug-likeness (QED) is 0.702. The number of rotatable bonds is 5. The zero-order valence-electron chi connectivity index (χ0n) is 15.0. The predicted molar refractivity (Wildman–Crippen MR) is 104 cm³/mol. The molecule has 0 fully saturated rings. The lowest BCUT2D eigenvalue weighted by molar-refractivity contribution is 0.102. The van der Waals surface area contributed by atoms with Crippen molar-refractivity contribution in [2.45, 2.75) is 13.8 Å². The molecule has 0 aliphatic heterocycles. The molecular formula is C21H21N3O2. The van der Waals surface area contributed by atoms with Gasteiger partial charge in [0.2, 0.25) is 0 Å². The van der Waals surface area contributed by atoms with Crippen LogP contribution in [0.15, 0.2) is 60.8 Å². The van der Waals surface area contributed by atoms with E-state index in [4.69, 9.17) is 4.74 Å². The van der Waals surface area contributed by atoms with Crippen LogP contribution in [0.4, 0.5) is 17.2 Å². The minimum absolute atomic E-state index is 0.259. The van der Waals surface area contributed by atoms with Gasteiger partial charge in [0.25, 0.3) is 5.91 Å². The largest absolute Gasteiger partial charge is 0.496 e. The highest BCUT2D eigenvalue weighted by Gasteiger charge is 2.12. The molecule has 0 bridgehead atoms. The number of aromatic nitrogens is 1. The zero-order chi connectivity index (χ0) is 18.5. The first-order valence-electron chi connectivity index (χ1n) is 8.31. The van der Waals surface area contributed by atoms with Gasteiger partial charge >= 0.3 is 0 Å². The number of pyridine rings is 1. The third kappa shape index (κ3) is 4.00. The molecule has 0 saturated carbocycles. The number of nitrogens with zero attached hydrogens (tertiary/aromatic N) is 1. The van der Waals surface area contributed by atoms with Crippen LogP contribution in [0.5, 0.6) is 5.75 Å². The van der Waals surface area contributed by atoms with Crippen LogP contribution in [-0.2, 0) is 0 Å². The first-order valence-corrected chi connectivity index (χ1v) is 8.31. The summed E-state index contributed by atoms with van der Waals surface area (Å²) in [6, 6.07) is 17.0. The lowest BCUT2D eigenvalue weighted by Gasteiger charge is -2.11. The maximum Gasteiger partial charge on any atom is 0.260 e. The second kappa shape index (κ2) is 7.70. The number of anilines is 3. The van der Waals surface area contributed by atoms with Crippen LogP contribution in [0.1, 0.15) is 21.5 Å². The Balaban J connectivity index is 1.71. The molecule has 1 aromatic heterocycles. The van der Waals surface area contributed by atoms with Gasteiger partial charge < -0.3 is 15.4 Å². The monoisotopic (exact) mass is 347 g/mol. The standard InChI is InChI=1S/C21H21N3O2/c1-14-8-9-15(2)18(12-14)23-16-10-11-20(22-13-16)24-21(25)17-6-4-5-7-19(17)26-3/h4-13,23H,1-3H3,(H,22,24,25). The number of nitrogens with one attached hydrogen (secondary N) is 2. The van der Waals surface area contributed by atoms with Crippen molar-refractivity contribution in [2.24, 2.45) is 0 Å². The van der Waals surface area contributed by atoms with Gasteiger partial charge in [-0.15, -0.1) is 0 Å². The summed E-state index contributed by atoms with van der Waals surface area (Å²) in [5.74, 6) is 0.746. The molecule has 0 unspecified atom stereocenters. The molecule has 0 spiro atoms. The van der Waals surface area contributed by atoms with Crippen molar-refractivity contribution in [1.29, 1.82) is 0 Å². The van der Waals surface area contributed by atoms with E-state index in [2.05, 4.69) is 47.7 Å². The number of aryl methyl sites for hydroxylation is 2. The Bertz CT molecular complexity index is 921. The number of benzene rings is 2. The third-order valence-corrected chi connectivity index (χ3v) is 4.03. The molecule has 0 radical (unpaired) electrons. The first-order chi connectivity index (χ1) is 12.6. The van der Waals surface area contributed by atoms with Gasteiger partial charge in [-0.2, -0.15) is 0 Å². The van der Waals surface area contributed by atoms with Crippen LogP contribution in [0.3, 0.4) is 0 Å². The van der Waals surface area contributed by atoms with E-state index in [9.17, 15) is 4.79 Å². The second-order valence-electron chi connectivity index (χ2n) is 6.03. The highest BCUT2D eigenvalue weighted by molar-refractivity contribution is 6.05. The normalized spacial score (nSPS) is 10.3. The molecule has 3 aromatic rings. The molecule has 2 aromatic carbocycles.